The third-order valence-corrected chi connectivity index (χ3v) is 5.67. The number of imidazole rings is 1. The lowest BCUT2D eigenvalue weighted by Gasteiger charge is -2.37. The molecule has 2 aliphatic heterocycles. The van der Waals surface area contributed by atoms with Crippen LogP contribution >= 0.6 is 0 Å². The van der Waals surface area contributed by atoms with E-state index in [9.17, 15) is 28.1 Å². The highest BCUT2D eigenvalue weighted by Crippen LogP contribution is 2.31. The van der Waals surface area contributed by atoms with Crippen molar-refractivity contribution in [3.8, 4) is 11.8 Å². The number of hydrogen-bond acceptors (Lipinski definition) is 8. The Morgan fingerprint density at radius 3 is 2.56 bits per heavy atom. The van der Waals surface area contributed by atoms with E-state index in [1.807, 2.05) is 6.92 Å². The maximum Gasteiger partial charge on any atom is 0.573 e. The van der Waals surface area contributed by atoms with Gasteiger partial charge in [-0.3, -0.25) is 9.47 Å². The minimum Gasteiger partial charge on any atom is -0.445 e. The summed E-state index contributed by atoms with van der Waals surface area (Å²) < 4.78 is 53.2. The van der Waals surface area contributed by atoms with Gasteiger partial charge < -0.3 is 29.2 Å². The fourth-order valence-corrected chi connectivity index (χ4v) is 4.10. The second-order valence-corrected chi connectivity index (χ2v) is 8.68. The van der Waals surface area contributed by atoms with Crippen molar-refractivity contribution in [1.82, 2.24) is 19.4 Å². The van der Waals surface area contributed by atoms with Gasteiger partial charge in [-0.1, -0.05) is 18.2 Å². The van der Waals surface area contributed by atoms with E-state index in [-0.39, 0.29) is 24.2 Å². The average Bonchev–Trinajstić information content (AvgIpc) is 3.32. The molecule has 0 spiro atoms. The molecule has 14 heteroatoms. The zero-order valence-electron chi connectivity index (χ0n) is 19.3. The number of piperazine rings is 1. The van der Waals surface area contributed by atoms with E-state index in [0.717, 1.165) is 0 Å². The number of nitrogens with zero attached hydrogens (tertiary/aromatic N) is 5. The van der Waals surface area contributed by atoms with Crippen molar-refractivity contribution in [1.29, 1.82) is 0 Å². The monoisotopic (exact) mass is 511 g/mol. The van der Waals surface area contributed by atoms with Gasteiger partial charge in [0.1, 0.15) is 24.2 Å². The van der Waals surface area contributed by atoms with Crippen LogP contribution in [0.25, 0.3) is 6.08 Å². The van der Waals surface area contributed by atoms with Crippen LogP contribution in [0.3, 0.4) is 0 Å². The van der Waals surface area contributed by atoms with Gasteiger partial charge in [-0.2, -0.15) is 0 Å². The number of nitro groups is 1. The smallest absolute Gasteiger partial charge is 0.445 e. The molecule has 0 radical (unpaired) electrons. The van der Waals surface area contributed by atoms with Gasteiger partial charge in [0, 0.05) is 37.7 Å². The molecule has 0 bridgehead atoms. The number of carbonyl (C=O) groups excluding carboxylic acids is 1. The zero-order valence-corrected chi connectivity index (χ0v) is 19.3. The highest BCUT2D eigenvalue weighted by molar-refractivity contribution is 5.68. The molecule has 0 saturated carbocycles. The number of fused-ring (bicyclic) bond motifs is 1. The van der Waals surface area contributed by atoms with Gasteiger partial charge in [0.05, 0.1) is 6.54 Å². The topological polar surface area (TPSA) is 112 Å². The Hall–Kier alpha value is -3.81. The molecule has 2 aliphatic rings. The van der Waals surface area contributed by atoms with E-state index in [1.165, 1.54) is 30.5 Å². The second kappa shape index (κ2) is 10.0. The van der Waals surface area contributed by atoms with Crippen LogP contribution in [-0.2, 0) is 11.3 Å². The first kappa shape index (κ1) is 25.3. The number of rotatable bonds is 7. The number of aromatic nitrogens is 2. The molecule has 2 aromatic rings. The lowest BCUT2D eigenvalue weighted by molar-refractivity contribution is -0.389. The summed E-state index contributed by atoms with van der Waals surface area (Å²) in [5.41, 5.74) is 0.0514. The normalized spacial score (nSPS) is 20.3. The number of hydrogen-bond donors (Lipinski definition) is 0. The highest BCUT2D eigenvalue weighted by atomic mass is 19.4. The third-order valence-electron chi connectivity index (χ3n) is 5.67. The van der Waals surface area contributed by atoms with Crippen molar-refractivity contribution in [2.75, 3.05) is 39.3 Å². The summed E-state index contributed by atoms with van der Waals surface area (Å²) in [5, 5.41) is 10.9. The van der Waals surface area contributed by atoms with E-state index in [1.54, 1.807) is 21.6 Å². The number of ether oxygens (including phenoxy) is 3. The summed E-state index contributed by atoms with van der Waals surface area (Å²) in [4.78, 5) is 30.3. The third kappa shape index (κ3) is 6.44. The maximum absolute atomic E-state index is 12.3. The predicted octanol–water partition coefficient (Wildman–Crippen LogP) is 3.31. The lowest BCUT2D eigenvalue weighted by Crippen LogP contribution is -2.54. The Kier molecular flexibility index (Phi) is 7.06. The Bertz CT molecular complexity index is 1100. The lowest BCUT2D eigenvalue weighted by atomic mass is 10.1. The van der Waals surface area contributed by atoms with Crippen molar-refractivity contribution in [2.24, 2.45) is 0 Å². The molecule has 1 aromatic carbocycles. The van der Waals surface area contributed by atoms with Crippen LogP contribution in [0.4, 0.5) is 23.8 Å². The molecular weight excluding hydrogens is 487 g/mol. The van der Waals surface area contributed by atoms with E-state index < -0.39 is 23.0 Å². The summed E-state index contributed by atoms with van der Waals surface area (Å²) in [7, 11) is 0. The standard InChI is InChI=1S/C22H24F3N5O6/c1-21(15-29-13-18(30(32)33)26-19(29)36-21)14-27-8-10-28(11-9-27)20(31)34-12-2-3-16-4-6-17(7-5-16)35-22(23,24)25/h2-7,13H,8-12,14-15H2,1H3/t21-/m0/s1. The Morgan fingerprint density at radius 2 is 1.94 bits per heavy atom. The van der Waals surface area contributed by atoms with E-state index in [4.69, 9.17) is 9.47 Å². The highest BCUT2D eigenvalue weighted by Gasteiger charge is 2.42. The first-order chi connectivity index (χ1) is 17.0. The molecule has 1 amide bonds. The van der Waals surface area contributed by atoms with Crippen LogP contribution in [0.5, 0.6) is 11.8 Å². The molecule has 36 heavy (non-hydrogen) atoms. The maximum atomic E-state index is 12.3. The molecule has 194 valence electrons. The molecule has 1 saturated heterocycles. The Labute approximate surface area is 203 Å². The molecule has 11 nitrogen and oxygen atoms in total. The minimum atomic E-state index is -4.74. The van der Waals surface area contributed by atoms with Crippen LogP contribution < -0.4 is 9.47 Å². The van der Waals surface area contributed by atoms with Crippen LogP contribution in [0, 0.1) is 10.1 Å². The molecule has 0 N–H and O–H groups in total. The van der Waals surface area contributed by atoms with Gasteiger partial charge in [-0.05, 0) is 35.6 Å². The van der Waals surface area contributed by atoms with Crippen molar-refractivity contribution < 1.29 is 37.1 Å². The van der Waals surface area contributed by atoms with Gasteiger partial charge in [0.25, 0.3) is 0 Å². The predicted molar refractivity (Wildman–Crippen MR) is 119 cm³/mol. The summed E-state index contributed by atoms with van der Waals surface area (Å²) >= 11 is 0. The molecule has 4 rings (SSSR count). The summed E-state index contributed by atoms with van der Waals surface area (Å²) in [5.74, 6) is -0.559. The number of amides is 1. The van der Waals surface area contributed by atoms with E-state index >= 15 is 0 Å². The number of halogens is 3. The molecule has 1 atom stereocenters. The molecule has 0 aliphatic carbocycles. The Morgan fingerprint density at radius 1 is 1.25 bits per heavy atom. The second-order valence-electron chi connectivity index (χ2n) is 8.68. The zero-order chi connectivity index (χ0) is 25.9. The van der Waals surface area contributed by atoms with E-state index in [2.05, 4.69) is 14.6 Å². The summed E-state index contributed by atoms with van der Waals surface area (Å²) in [6, 6.07) is 5.55. The average molecular weight is 511 g/mol. The number of carbonyl (C=O) groups is 1. The fourth-order valence-electron chi connectivity index (χ4n) is 4.10. The SMILES string of the molecule is C[C@]1(CN2CCN(C(=O)OCC=Cc3ccc(OC(F)(F)F)cc3)CC2)Cn2cc([N+](=O)[O-])nc2O1. The summed E-state index contributed by atoms with van der Waals surface area (Å²) in [6.07, 6.45) is -0.608. The fraction of sp³-hybridized carbons (Fsp3) is 0.455. The molecule has 1 fully saturated rings. The molecule has 1 aromatic heterocycles. The van der Waals surface area contributed by atoms with Crippen LogP contribution in [0.2, 0.25) is 0 Å². The van der Waals surface area contributed by atoms with Gasteiger partial charge >= 0.3 is 24.3 Å². The van der Waals surface area contributed by atoms with Crippen molar-refractivity contribution in [2.45, 2.75) is 25.4 Å². The first-order valence-corrected chi connectivity index (χ1v) is 11.1. The minimum absolute atomic E-state index is 0.0172. The number of benzene rings is 1. The largest absolute Gasteiger partial charge is 0.573 e. The van der Waals surface area contributed by atoms with Crippen molar-refractivity contribution in [3.05, 3.63) is 52.2 Å². The van der Waals surface area contributed by atoms with Crippen molar-refractivity contribution >= 4 is 18.0 Å². The van der Waals surface area contributed by atoms with Gasteiger partial charge in [-0.25, -0.2) is 4.79 Å². The number of alkyl halides is 3. The van der Waals surface area contributed by atoms with E-state index in [0.29, 0.717) is 44.8 Å². The first-order valence-electron chi connectivity index (χ1n) is 11.1. The quantitative estimate of drug-likeness (QED) is 0.411. The van der Waals surface area contributed by atoms with Gasteiger partial charge in [-0.15, -0.1) is 13.2 Å². The van der Waals surface area contributed by atoms with Gasteiger partial charge in [0.2, 0.25) is 0 Å². The molecule has 3 heterocycles. The van der Waals surface area contributed by atoms with Crippen molar-refractivity contribution in [3.63, 3.8) is 0 Å². The van der Waals surface area contributed by atoms with Crippen LogP contribution in [0.1, 0.15) is 12.5 Å². The van der Waals surface area contributed by atoms with Gasteiger partial charge in [0.15, 0.2) is 0 Å². The molecular formula is C22H24F3N5O6. The molecule has 0 unspecified atom stereocenters. The Balaban J connectivity index is 1.17. The summed E-state index contributed by atoms with van der Waals surface area (Å²) in [6.45, 7) is 5.10. The van der Waals surface area contributed by atoms with Crippen LogP contribution in [-0.4, -0.2) is 81.7 Å². The van der Waals surface area contributed by atoms with Crippen LogP contribution in [0.15, 0.2) is 36.5 Å².